The van der Waals surface area contributed by atoms with Crippen molar-refractivity contribution in [1.29, 1.82) is 0 Å². The maximum absolute atomic E-state index is 13.1. The van der Waals surface area contributed by atoms with E-state index < -0.39 is 17.4 Å². The zero-order chi connectivity index (χ0) is 23.8. The molecule has 1 aliphatic rings. The van der Waals surface area contributed by atoms with Gasteiger partial charge in [-0.15, -0.1) is 0 Å². The molecular formula is C23H35N5O4. The third-order valence-corrected chi connectivity index (χ3v) is 5.86. The number of rotatable bonds is 4. The van der Waals surface area contributed by atoms with Crippen LogP contribution in [0, 0.1) is 0 Å². The number of aromatic nitrogens is 4. The van der Waals surface area contributed by atoms with Crippen molar-refractivity contribution in [1.82, 2.24) is 24.0 Å². The molecule has 3 rings (SSSR count). The number of ether oxygens (including phenoxy) is 1. The highest BCUT2D eigenvalue weighted by molar-refractivity contribution is 5.72. The summed E-state index contributed by atoms with van der Waals surface area (Å²) in [6.07, 6.45) is 5.20. The molecule has 1 amide bonds. The number of alkyl carbamates (subject to hydrolysis) is 1. The van der Waals surface area contributed by atoms with Crippen LogP contribution in [0.25, 0.3) is 11.2 Å². The number of imidazole rings is 1. The van der Waals surface area contributed by atoms with Crippen molar-refractivity contribution in [2.75, 3.05) is 0 Å². The fourth-order valence-corrected chi connectivity index (χ4v) is 4.28. The van der Waals surface area contributed by atoms with E-state index in [0.717, 1.165) is 41.6 Å². The van der Waals surface area contributed by atoms with Crippen LogP contribution >= 0.6 is 0 Å². The number of fused-ring (bicyclic) bond motifs is 1. The molecule has 2 aromatic heterocycles. The van der Waals surface area contributed by atoms with E-state index in [9.17, 15) is 14.4 Å². The standard InChI is InChI=1S/C23H35N5O4/c1-14(2)12-13-28-17-19(26(6)22(31)27(7)20(17)29)25-18(28)15-10-8-9-11-16(15)24-21(30)32-23(3,4)5/h12,15-16H,8-11,13H2,1-7H3,(H,24,30)/t15-,16-/m0/s1. The van der Waals surface area contributed by atoms with E-state index in [1.807, 2.05) is 45.3 Å². The van der Waals surface area contributed by atoms with Crippen LogP contribution < -0.4 is 16.6 Å². The van der Waals surface area contributed by atoms with E-state index in [1.165, 1.54) is 11.6 Å². The zero-order valence-electron chi connectivity index (χ0n) is 20.2. The molecule has 2 aromatic rings. The van der Waals surface area contributed by atoms with Crippen molar-refractivity contribution in [3.05, 3.63) is 38.3 Å². The summed E-state index contributed by atoms with van der Waals surface area (Å²) in [5.41, 5.74) is 0.534. The maximum Gasteiger partial charge on any atom is 0.407 e. The van der Waals surface area contributed by atoms with E-state index >= 15 is 0 Å². The smallest absolute Gasteiger partial charge is 0.407 e. The number of amides is 1. The van der Waals surface area contributed by atoms with Crippen molar-refractivity contribution in [3.63, 3.8) is 0 Å². The summed E-state index contributed by atoms with van der Waals surface area (Å²) in [6, 6.07) is -0.165. The van der Waals surface area contributed by atoms with Gasteiger partial charge in [-0.05, 0) is 47.5 Å². The lowest BCUT2D eigenvalue weighted by atomic mass is 9.84. The van der Waals surface area contributed by atoms with Crippen LogP contribution in [0.2, 0.25) is 0 Å². The Kier molecular flexibility index (Phi) is 6.67. The van der Waals surface area contributed by atoms with Crippen LogP contribution in [-0.2, 0) is 25.4 Å². The predicted octanol–water partition coefficient (Wildman–Crippen LogP) is 2.95. The van der Waals surface area contributed by atoms with E-state index in [-0.39, 0.29) is 17.5 Å². The van der Waals surface area contributed by atoms with E-state index in [0.29, 0.717) is 17.7 Å². The first-order valence-corrected chi connectivity index (χ1v) is 11.2. The zero-order valence-corrected chi connectivity index (χ0v) is 20.2. The first-order valence-electron chi connectivity index (χ1n) is 11.2. The molecule has 0 unspecified atom stereocenters. The highest BCUT2D eigenvalue weighted by Crippen LogP contribution is 2.34. The molecule has 2 atom stereocenters. The molecule has 1 fully saturated rings. The molecule has 9 nitrogen and oxygen atoms in total. The summed E-state index contributed by atoms with van der Waals surface area (Å²) in [5.74, 6) is 0.630. The van der Waals surface area contributed by atoms with Crippen molar-refractivity contribution in [2.45, 2.75) is 84.4 Å². The average molecular weight is 446 g/mol. The number of hydrogen-bond donors (Lipinski definition) is 1. The topological polar surface area (TPSA) is 100 Å². The fourth-order valence-electron chi connectivity index (χ4n) is 4.28. The SMILES string of the molecule is CC(C)=CCn1c([C@H]2CCCC[C@@H]2NC(=O)OC(C)(C)C)nc2c1c(=O)n(C)c(=O)n2C. The lowest BCUT2D eigenvalue weighted by Gasteiger charge is -2.32. The number of allylic oxidation sites excluding steroid dienone is 2. The lowest BCUT2D eigenvalue weighted by Crippen LogP contribution is -2.44. The summed E-state index contributed by atoms with van der Waals surface area (Å²) in [6.45, 7) is 9.97. The van der Waals surface area contributed by atoms with Gasteiger partial charge in [0.2, 0.25) is 0 Å². The monoisotopic (exact) mass is 445 g/mol. The van der Waals surface area contributed by atoms with Crippen LogP contribution in [-0.4, -0.2) is 36.4 Å². The number of carbonyl (C=O) groups is 1. The van der Waals surface area contributed by atoms with Crippen molar-refractivity contribution >= 4 is 17.3 Å². The largest absolute Gasteiger partial charge is 0.444 e. The molecule has 176 valence electrons. The number of aryl methyl sites for hydroxylation is 1. The molecule has 1 aliphatic carbocycles. The highest BCUT2D eigenvalue weighted by atomic mass is 16.6. The van der Waals surface area contributed by atoms with Crippen LogP contribution in [0.1, 0.15) is 72.0 Å². The number of carbonyl (C=O) groups excluding carboxylic acids is 1. The van der Waals surface area contributed by atoms with Crippen molar-refractivity contribution < 1.29 is 9.53 Å². The summed E-state index contributed by atoms with van der Waals surface area (Å²) in [5, 5.41) is 3.03. The predicted molar refractivity (Wildman–Crippen MR) is 124 cm³/mol. The molecule has 0 saturated heterocycles. The van der Waals surface area contributed by atoms with Gasteiger partial charge in [0.1, 0.15) is 11.4 Å². The van der Waals surface area contributed by atoms with Gasteiger partial charge in [-0.1, -0.05) is 24.5 Å². The van der Waals surface area contributed by atoms with Crippen LogP contribution in [0.4, 0.5) is 4.79 Å². The van der Waals surface area contributed by atoms with E-state index in [4.69, 9.17) is 9.72 Å². The van der Waals surface area contributed by atoms with Gasteiger partial charge in [-0.25, -0.2) is 14.6 Å². The summed E-state index contributed by atoms with van der Waals surface area (Å²) >= 11 is 0. The van der Waals surface area contributed by atoms with Gasteiger partial charge in [0, 0.05) is 32.6 Å². The molecule has 0 bridgehead atoms. The number of nitrogens with one attached hydrogen (secondary N) is 1. The molecule has 0 spiro atoms. The molecular weight excluding hydrogens is 410 g/mol. The molecule has 0 aliphatic heterocycles. The minimum absolute atomic E-state index is 0.0889. The Morgan fingerprint density at radius 1 is 1.16 bits per heavy atom. The van der Waals surface area contributed by atoms with Crippen LogP contribution in [0.5, 0.6) is 0 Å². The second kappa shape index (κ2) is 8.96. The van der Waals surface area contributed by atoms with Gasteiger partial charge in [-0.2, -0.15) is 0 Å². The van der Waals surface area contributed by atoms with E-state index in [2.05, 4.69) is 5.32 Å². The lowest BCUT2D eigenvalue weighted by molar-refractivity contribution is 0.0483. The first kappa shape index (κ1) is 23.8. The van der Waals surface area contributed by atoms with Crippen molar-refractivity contribution in [3.8, 4) is 0 Å². The van der Waals surface area contributed by atoms with E-state index in [1.54, 1.807) is 7.05 Å². The number of nitrogens with zero attached hydrogens (tertiary/aromatic N) is 4. The minimum Gasteiger partial charge on any atom is -0.444 e. The van der Waals surface area contributed by atoms with Crippen molar-refractivity contribution in [2.24, 2.45) is 14.1 Å². The first-order chi connectivity index (χ1) is 14.9. The van der Waals surface area contributed by atoms with Gasteiger partial charge >= 0.3 is 11.8 Å². The van der Waals surface area contributed by atoms with Gasteiger partial charge in [-0.3, -0.25) is 13.9 Å². The maximum atomic E-state index is 13.1. The molecule has 2 heterocycles. The average Bonchev–Trinajstić information content (AvgIpc) is 3.07. The Hall–Kier alpha value is -2.84. The van der Waals surface area contributed by atoms with Gasteiger partial charge in [0.05, 0.1) is 0 Å². The molecule has 32 heavy (non-hydrogen) atoms. The normalized spacial score (nSPS) is 19.1. The van der Waals surface area contributed by atoms with Gasteiger partial charge in [0.25, 0.3) is 5.56 Å². The van der Waals surface area contributed by atoms with Gasteiger partial charge < -0.3 is 14.6 Å². The quantitative estimate of drug-likeness (QED) is 0.730. The third-order valence-electron chi connectivity index (χ3n) is 5.86. The Labute approximate surface area is 188 Å². The molecule has 1 N–H and O–H groups in total. The number of hydrogen-bond acceptors (Lipinski definition) is 5. The molecule has 0 aromatic carbocycles. The Morgan fingerprint density at radius 3 is 2.44 bits per heavy atom. The Morgan fingerprint density at radius 2 is 1.81 bits per heavy atom. The summed E-state index contributed by atoms with van der Waals surface area (Å²) in [7, 11) is 3.11. The second-order valence-electron chi connectivity index (χ2n) is 9.88. The summed E-state index contributed by atoms with van der Waals surface area (Å²) < 4.78 is 9.91. The molecule has 9 heteroatoms. The third kappa shape index (κ3) is 4.81. The summed E-state index contributed by atoms with van der Waals surface area (Å²) in [4.78, 5) is 42.9. The Balaban J connectivity index is 2.13. The molecule has 0 radical (unpaired) electrons. The van der Waals surface area contributed by atoms with Crippen LogP contribution in [0.3, 0.4) is 0 Å². The minimum atomic E-state index is -0.588. The fraction of sp³-hybridized carbons (Fsp3) is 0.652. The molecule has 1 saturated carbocycles. The Bertz CT molecular complexity index is 1160. The highest BCUT2D eigenvalue weighted by Gasteiger charge is 2.34. The van der Waals surface area contributed by atoms with Gasteiger partial charge in [0.15, 0.2) is 11.2 Å². The second-order valence-corrected chi connectivity index (χ2v) is 9.88. The van der Waals surface area contributed by atoms with Crippen LogP contribution in [0.15, 0.2) is 21.2 Å².